The monoisotopic (exact) mass is 303 g/mol. The molecule has 0 saturated heterocycles. The highest BCUT2D eigenvalue weighted by atomic mass is 35.5. The number of tetrazole rings is 1. The summed E-state index contributed by atoms with van der Waals surface area (Å²) in [5.41, 5.74) is 7.74. The molecule has 7 heteroatoms. The lowest BCUT2D eigenvalue weighted by Crippen LogP contribution is -2.02. The number of halogens is 2. The summed E-state index contributed by atoms with van der Waals surface area (Å²) in [6.45, 7) is 1.93. The summed E-state index contributed by atoms with van der Waals surface area (Å²) in [6.07, 6.45) is 0. The number of nitrogen functional groups attached to an aromatic ring is 1. The van der Waals surface area contributed by atoms with Gasteiger partial charge in [-0.05, 0) is 53.2 Å². The molecule has 0 radical (unpaired) electrons. The van der Waals surface area contributed by atoms with E-state index in [1.807, 2.05) is 13.0 Å². The van der Waals surface area contributed by atoms with Crippen molar-refractivity contribution in [2.45, 2.75) is 6.92 Å². The van der Waals surface area contributed by atoms with Crippen molar-refractivity contribution in [2.24, 2.45) is 0 Å². The number of rotatable bonds is 2. The van der Waals surface area contributed by atoms with E-state index < -0.39 is 5.82 Å². The molecule has 3 aromatic rings. The van der Waals surface area contributed by atoms with Crippen LogP contribution in [0.5, 0.6) is 0 Å². The van der Waals surface area contributed by atoms with Crippen molar-refractivity contribution in [2.75, 3.05) is 5.73 Å². The van der Waals surface area contributed by atoms with Gasteiger partial charge >= 0.3 is 0 Å². The largest absolute Gasteiger partial charge is 0.399 e. The van der Waals surface area contributed by atoms with Crippen molar-refractivity contribution in [3.8, 4) is 17.1 Å². The van der Waals surface area contributed by atoms with E-state index in [0.717, 1.165) is 5.56 Å². The molecule has 0 fully saturated rings. The van der Waals surface area contributed by atoms with E-state index in [-0.39, 0.29) is 11.4 Å². The van der Waals surface area contributed by atoms with Gasteiger partial charge in [-0.15, -0.1) is 5.10 Å². The van der Waals surface area contributed by atoms with Crippen LogP contribution in [0.3, 0.4) is 0 Å². The predicted octanol–water partition coefficient (Wildman–Crippen LogP) is 3.01. The van der Waals surface area contributed by atoms with Gasteiger partial charge in [0.25, 0.3) is 0 Å². The van der Waals surface area contributed by atoms with Crippen LogP contribution in [0.2, 0.25) is 5.02 Å². The third kappa shape index (κ3) is 2.45. The molecule has 0 atom stereocenters. The number of nitrogens with two attached hydrogens (primary N) is 1. The zero-order valence-electron chi connectivity index (χ0n) is 11.1. The number of nitrogens with zero attached hydrogens (tertiary/aromatic N) is 4. The Bertz CT molecular complexity index is 749. The lowest BCUT2D eigenvalue weighted by atomic mass is 10.1. The maximum absolute atomic E-state index is 14.1. The highest BCUT2D eigenvalue weighted by molar-refractivity contribution is 6.32. The highest BCUT2D eigenvalue weighted by Gasteiger charge is 2.16. The van der Waals surface area contributed by atoms with Gasteiger partial charge in [-0.2, -0.15) is 4.68 Å². The van der Waals surface area contributed by atoms with Crippen molar-refractivity contribution in [3.63, 3.8) is 0 Å². The van der Waals surface area contributed by atoms with Crippen LogP contribution < -0.4 is 5.73 Å². The summed E-state index contributed by atoms with van der Waals surface area (Å²) in [6, 6.07) is 9.81. The molecule has 2 N–H and O–H groups in total. The van der Waals surface area contributed by atoms with Crippen molar-refractivity contribution in [1.29, 1.82) is 0 Å². The van der Waals surface area contributed by atoms with Gasteiger partial charge in [0.1, 0.15) is 5.82 Å². The van der Waals surface area contributed by atoms with E-state index in [9.17, 15) is 4.39 Å². The third-order valence-electron chi connectivity index (χ3n) is 3.03. The molecular formula is C14H11ClFN5. The highest BCUT2D eigenvalue weighted by Crippen LogP contribution is 2.27. The first-order chi connectivity index (χ1) is 10.1. The third-order valence-corrected chi connectivity index (χ3v) is 3.34. The van der Waals surface area contributed by atoms with Gasteiger partial charge in [0, 0.05) is 5.69 Å². The average molecular weight is 304 g/mol. The van der Waals surface area contributed by atoms with Gasteiger partial charge in [-0.25, -0.2) is 4.39 Å². The van der Waals surface area contributed by atoms with Gasteiger partial charge in [-0.1, -0.05) is 17.7 Å². The second kappa shape index (κ2) is 5.14. The SMILES string of the molecule is Cc1ccc(-n2nnnc2-c2ccc(N)cc2F)c(Cl)c1. The average Bonchev–Trinajstić information content (AvgIpc) is 2.87. The Hall–Kier alpha value is -2.47. The molecule has 2 aromatic carbocycles. The zero-order valence-corrected chi connectivity index (χ0v) is 11.8. The van der Waals surface area contributed by atoms with E-state index in [4.69, 9.17) is 17.3 Å². The quantitative estimate of drug-likeness (QED) is 0.739. The molecular weight excluding hydrogens is 293 g/mol. The van der Waals surface area contributed by atoms with E-state index in [2.05, 4.69) is 15.5 Å². The van der Waals surface area contributed by atoms with Crippen LogP contribution in [0.25, 0.3) is 17.1 Å². The molecule has 3 rings (SSSR count). The molecule has 0 amide bonds. The summed E-state index contributed by atoms with van der Waals surface area (Å²) in [5, 5.41) is 11.9. The Morgan fingerprint density at radius 3 is 2.71 bits per heavy atom. The first-order valence-electron chi connectivity index (χ1n) is 6.16. The molecule has 1 heterocycles. The molecule has 5 nitrogen and oxygen atoms in total. The summed E-state index contributed by atoms with van der Waals surface area (Å²) >= 11 is 6.22. The van der Waals surface area contributed by atoms with Crippen molar-refractivity contribution in [3.05, 3.63) is 52.8 Å². The lowest BCUT2D eigenvalue weighted by molar-refractivity contribution is 0.629. The van der Waals surface area contributed by atoms with Gasteiger partial charge in [0.15, 0.2) is 5.82 Å². The van der Waals surface area contributed by atoms with Crippen molar-refractivity contribution < 1.29 is 4.39 Å². The number of aryl methyl sites for hydroxylation is 1. The molecule has 0 saturated carbocycles. The van der Waals surface area contributed by atoms with E-state index >= 15 is 0 Å². The number of aromatic nitrogens is 4. The second-order valence-electron chi connectivity index (χ2n) is 4.61. The van der Waals surface area contributed by atoms with Crippen LogP contribution in [0.15, 0.2) is 36.4 Å². The van der Waals surface area contributed by atoms with Gasteiger partial charge in [0.2, 0.25) is 0 Å². The maximum Gasteiger partial charge on any atom is 0.190 e. The Labute approximate surface area is 125 Å². The van der Waals surface area contributed by atoms with Crippen LogP contribution >= 0.6 is 11.6 Å². The lowest BCUT2D eigenvalue weighted by Gasteiger charge is -2.08. The molecule has 106 valence electrons. The fourth-order valence-corrected chi connectivity index (χ4v) is 2.33. The van der Waals surface area contributed by atoms with Crippen LogP contribution in [0.4, 0.5) is 10.1 Å². The first-order valence-corrected chi connectivity index (χ1v) is 6.54. The fraction of sp³-hybridized carbons (Fsp3) is 0.0714. The number of hydrogen-bond acceptors (Lipinski definition) is 4. The normalized spacial score (nSPS) is 10.8. The minimum atomic E-state index is -0.491. The Morgan fingerprint density at radius 1 is 1.19 bits per heavy atom. The second-order valence-corrected chi connectivity index (χ2v) is 5.02. The summed E-state index contributed by atoms with van der Waals surface area (Å²) < 4.78 is 15.5. The molecule has 0 spiro atoms. The summed E-state index contributed by atoms with van der Waals surface area (Å²) in [7, 11) is 0. The van der Waals surface area contributed by atoms with E-state index in [0.29, 0.717) is 16.4 Å². The van der Waals surface area contributed by atoms with Crippen molar-refractivity contribution >= 4 is 17.3 Å². The predicted molar refractivity (Wildman–Crippen MR) is 78.7 cm³/mol. The summed E-state index contributed by atoms with van der Waals surface area (Å²) in [5.74, 6) is -0.229. The smallest absolute Gasteiger partial charge is 0.190 e. The standard InChI is InChI=1S/C14H11ClFN5/c1-8-2-5-13(11(15)6-8)21-14(18-19-20-21)10-4-3-9(17)7-12(10)16/h2-7H,17H2,1H3. The van der Waals surface area contributed by atoms with Crippen molar-refractivity contribution in [1.82, 2.24) is 20.2 Å². The Balaban J connectivity index is 2.17. The first kappa shape index (κ1) is 13.5. The molecule has 1 aromatic heterocycles. The van der Waals surface area contributed by atoms with Crippen LogP contribution in [0, 0.1) is 12.7 Å². The van der Waals surface area contributed by atoms with Crippen LogP contribution in [-0.2, 0) is 0 Å². The molecule has 0 aliphatic carbocycles. The molecule has 21 heavy (non-hydrogen) atoms. The topological polar surface area (TPSA) is 69.6 Å². The molecule has 0 unspecified atom stereocenters. The van der Waals surface area contributed by atoms with E-state index in [1.54, 1.807) is 18.2 Å². The summed E-state index contributed by atoms with van der Waals surface area (Å²) in [4.78, 5) is 0. The van der Waals surface area contributed by atoms with Crippen LogP contribution in [-0.4, -0.2) is 20.2 Å². The maximum atomic E-state index is 14.1. The zero-order chi connectivity index (χ0) is 15.0. The molecule has 0 aliphatic rings. The Kier molecular flexibility index (Phi) is 3.31. The minimum Gasteiger partial charge on any atom is -0.399 e. The number of anilines is 1. The van der Waals surface area contributed by atoms with Crippen LogP contribution in [0.1, 0.15) is 5.56 Å². The number of hydrogen-bond donors (Lipinski definition) is 1. The molecule has 0 aliphatic heterocycles. The van der Waals surface area contributed by atoms with Gasteiger partial charge < -0.3 is 5.73 Å². The van der Waals surface area contributed by atoms with Gasteiger partial charge in [0.05, 0.1) is 16.3 Å². The van der Waals surface area contributed by atoms with Gasteiger partial charge in [-0.3, -0.25) is 0 Å². The van der Waals surface area contributed by atoms with E-state index in [1.165, 1.54) is 16.8 Å². The molecule has 0 bridgehead atoms. The minimum absolute atomic E-state index is 0.255. The Morgan fingerprint density at radius 2 is 2.00 bits per heavy atom. The number of benzene rings is 2. The fourth-order valence-electron chi connectivity index (χ4n) is 2.01.